The molecule has 0 aromatic heterocycles. The second-order valence-electron chi connectivity index (χ2n) is 4.33. The zero-order valence-electron chi connectivity index (χ0n) is 10.1. The molecule has 0 saturated heterocycles. The molecule has 0 heteroatoms. The Kier molecular flexibility index (Phi) is 11.1. The summed E-state index contributed by atoms with van der Waals surface area (Å²) in [5, 5.41) is 0. The Morgan fingerprint density at radius 3 is 2.00 bits per heavy atom. The largest absolute Gasteiger partial charge is 0.0651 e. The number of unbranched alkanes of at least 4 members (excludes halogenated alkanes) is 5. The SMILES string of the molecule is [CH2]CCCCCCCC(CC)CC[CH2]. The van der Waals surface area contributed by atoms with Gasteiger partial charge in [-0.3, -0.25) is 0 Å². The maximum Gasteiger partial charge on any atom is -0.0417 e. The summed E-state index contributed by atoms with van der Waals surface area (Å²) < 4.78 is 0. The molecule has 0 heterocycles. The zero-order valence-corrected chi connectivity index (χ0v) is 10.1. The van der Waals surface area contributed by atoms with Crippen LogP contribution < -0.4 is 0 Å². The van der Waals surface area contributed by atoms with Crippen LogP contribution in [0.1, 0.15) is 71.1 Å². The number of hydrogen-bond acceptors (Lipinski definition) is 0. The van der Waals surface area contributed by atoms with E-state index in [1.165, 1.54) is 51.4 Å². The molecule has 0 fully saturated rings. The minimum Gasteiger partial charge on any atom is -0.0651 e. The fourth-order valence-electron chi connectivity index (χ4n) is 1.98. The molecule has 0 aromatic rings. The van der Waals surface area contributed by atoms with Crippen molar-refractivity contribution in [1.29, 1.82) is 0 Å². The Hall–Kier alpha value is 0. The van der Waals surface area contributed by atoms with Crippen LogP contribution in [-0.2, 0) is 0 Å². The van der Waals surface area contributed by atoms with Crippen LogP contribution in [0.3, 0.4) is 0 Å². The van der Waals surface area contributed by atoms with Gasteiger partial charge in [-0.25, -0.2) is 0 Å². The minimum absolute atomic E-state index is 0.945. The Bertz CT molecular complexity index is 96.2. The van der Waals surface area contributed by atoms with E-state index in [0.29, 0.717) is 0 Å². The second-order valence-corrected chi connectivity index (χ2v) is 4.33. The first-order valence-corrected chi connectivity index (χ1v) is 6.43. The molecule has 0 N–H and O–H groups in total. The summed E-state index contributed by atoms with van der Waals surface area (Å²) in [6.07, 6.45) is 13.3. The highest BCUT2D eigenvalue weighted by Crippen LogP contribution is 2.19. The lowest BCUT2D eigenvalue weighted by Crippen LogP contribution is -1.98. The summed E-state index contributed by atoms with van der Waals surface area (Å²) >= 11 is 0. The zero-order chi connectivity index (χ0) is 10.6. The van der Waals surface area contributed by atoms with Crippen molar-refractivity contribution in [3.05, 3.63) is 13.8 Å². The molecule has 1 unspecified atom stereocenters. The summed E-state index contributed by atoms with van der Waals surface area (Å²) in [6.45, 7) is 10.1. The lowest BCUT2D eigenvalue weighted by Gasteiger charge is -2.12. The lowest BCUT2D eigenvalue weighted by atomic mass is 9.94. The van der Waals surface area contributed by atoms with E-state index in [2.05, 4.69) is 20.8 Å². The van der Waals surface area contributed by atoms with Crippen LogP contribution in [0.15, 0.2) is 0 Å². The molecule has 0 aliphatic heterocycles. The molecule has 0 nitrogen and oxygen atoms in total. The topological polar surface area (TPSA) is 0 Å². The summed E-state index contributed by atoms with van der Waals surface area (Å²) in [5.74, 6) is 0.945. The van der Waals surface area contributed by atoms with Crippen molar-refractivity contribution in [3.63, 3.8) is 0 Å². The first-order chi connectivity index (χ1) is 6.85. The van der Waals surface area contributed by atoms with Crippen molar-refractivity contribution < 1.29 is 0 Å². The van der Waals surface area contributed by atoms with Crippen molar-refractivity contribution in [1.82, 2.24) is 0 Å². The van der Waals surface area contributed by atoms with Crippen LogP contribution in [0, 0.1) is 19.8 Å². The van der Waals surface area contributed by atoms with Gasteiger partial charge in [0, 0.05) is 0 Å². The van der Waals surface area contributed by atoms with Gasteiger partial charge in [-0.1, -0.05) is 85.0 Å². The highest BCUT2D eigenvalue weighted by Gasteiger charge is 2.03. The molecule has 0 rings (SSSR count). The minimum atomic E-state index is 0.945. The first-order valence-electron chi connectivity index (χ1n) is 6.43. The quantitative estimate of drug-likeness (QED) is 0.422. The Morgan fingerprint density at radius 1 is 0.786 bits per heavy atom. The van der Waals surface area contributed by atoms with E-state index in [4.69, 9.17) is 0 Å². The van der Waals surface area contributed by atoms with E-state index < -0.39 is 0 Å². The molecular weight excluding hydrogens is 168 g/mol. The van der Waals surface area contributed by atoms with E-state index in [0.717, 1.165) is 18.8 Å². The predicted molar refractivity (Wildman–Crippen MR) is 66.0 cm³/mol. The lowest BCUT2D eigenvalue weighted by molar-refractivity contribution is 0.414. The van der Waals surface area contributed by atoms with E-state index in [1.54, 1.807) is 0 Å². The van der Waals surface area contributed by atoms with E-state index >= 15 is 0 Å². The van der Waals surface area contributed by atoms with Crippen LogP contribution in [-0.4, -0.2) is 0 Å². The highest BCUT2D eigenvalue weighted by molar-refractivity contribution is 4.59. The highest BCUT2D eigenvalue weighted by atomic mass is 14.1. The van der Waals surface area contributed by atoms with Gasteiger partial charge in [0.05, 0.1) is 0 Å². The van der Waals surface area contributed by atoms with Crippen LogP contribution in [0.5, 0.6) is 0 Å². The van der Waals surface area contributed by atoms with Crippen molar-refractivity contribution in [2.45, 2.75) is 71.1 Å². The summed E-state index contributed by atoms with van der Waals surface area (Å²) in [6, 6.07) is 0. The Labute approximate surface area is 91.5 Å². The van der Waals surface area contributed by atoms with E-state index in [9.17, 15) is 0 Å². The molecule has 14 heavy (non-hydrogen) atoms. The predicted octanol–water partition coefficient (Wildman–Crippen LogP) is 5.19. The second kappa shape index (κ2) is 11.1. The van der Waals surface area contributed by atoms with Crippen molar-refractivity contribution in [2.75, 3.05) is 0 Å². The standard InChI is InChI=1S/C14H28/c1-4-7-8-9-10-11-13-14(6-3)12-5-2/h14H,1-2,4-13H2,3H3. The molecule has 1 atom stereocenters. The summed E-state index contributed by atoms with van der Waals surface area (Å²) in [5.41, 5.74) is 0. The van der Waals surface area contributed by atoms with Gasteiger partial charge in [0.1, 0.15) is 0 Å². The van der Waals surface area contributed by atoms with Gasteiger partial charge in [-0.15, -0.1) is 0 Å². The van der Waals surface area contributed by atoms with Gasteiger partial charge >= 0.3 is 0 Å². The third kappa shape index (κ3) is 8.59. The van der Waals surface area contributed by atoms with Crippen molar-refractivity contribution in [2.24, 2.45) is 5.92 Å². The third-order valence-electron chi connectivity index (χ3n) is 3.05. The normalized spacial score (nSPS) is 13.1. The van der Waals surface area contributed by atoms with Crippen molar-refractivity contribution >= 4 is 0 Å². The maximum atomic E-state index is 3.94. The fraction of sp³-hybridized carbons (Fsp3) is 0.857. The summed E-state index contributed by atoms with van der Waals surface area (Å²) in [4.78, 5) is 0. The third-order valence-corrected chi connectivity index (χ3v) is 3.05. The van der Waals surface area contributed by atoms with Crippen LogP contribution >= 0.6 is 0 Å². The number of rotatable bonds is 10. The Balaban J connectivity index is 3.15. The van der Waals surface area contributed by atoms with Gasteiger partial charge in [-0.05, 0) is 5.92 Å². The van der Waals surface area contributed by atoms with Crippen LogP contribution in [0.4, 0.5) is 0 Å². The van der Waals surface area contributed by atoms with Gasteiger partial charge in [0.15, 0.2) is 0 Å². The molecule has 0 aliphatic carbocycles. The van der Waals surface area contributed by atoms with Gasteiger partial charge in [-0.2, -0.15) is 0 Å². The molecule has 0 spiro atoms. The molecule has 84 valence electrons. The molecule has 0 bridgehead atoms. The Morgan fingerprint density at radius 2 is 1.43 bits per heavy atom. The molecule has 0 amide bonds. The molecule has 2 radical (unpaired) electrons. The molecule has 0 aliphatic rings. The van der Waals surface area contributed by atoms with Crippen molar-refractivity contribution in [3.8, 4) is 0 Å². The first kappa shape index (κ1) is 14.0. The number of hydrogen-bond donors (Lipinski definition) is 0. The van der Waals surface area contributed by atoms with Gasteiger partial charge < -0.3 is 0 Å². The smallest absolute Gasteiger partial charge is 0.0417 e. The fourth-order valence-corrected chi connectivity index (χ4v) is 1.98. The van der Waals surface area contributed by atoms with Crippen LogP contribution in [0.25, 0.3) is 0 Å². The van der Waals surface area contributed by atoms with Crippen LogP contribution in [0.2, 0.25) is 0 Å². The summed E-state index contributed by atoms with van der Waals surface area (Å²) in [7, 11) is 0. The average molecular weight is 196 g/mol. The van der Waals surface area contributed by atoms with E-state index in [-0.39, 0.29) is 0 Å². The average Bonchev–Trinajstić information content (AvgIpc) is 2.21. The monoisotopic (exact) mass is 196 g/mol. The molecule has 0 aromatic carbocycles. The molecular formula is C14H28. The van der Waals surface area contributed by atoms with Gasteiger partial charge in [0.25, 0.3) is 0 Å². The molecule has 0 saturated carbocycles. The van der Waals surface area contributed by atoms with E-state index in [1.807, 2.05) is 0 Å². The maximum absolute atomic E-state index is 3.94. The van der Waals surface area contributed by atoms with Gasteiger partial charge in [0.2, 0.25) is 0 Å².